The molecule has 5 nitrogen and oxygen atoms in total. The number of anilines is 1. The van der Waals surface area contributed by atoms with Crippen molar-refractivity contribution in [2.75, 3.05) is 18.0 Å². The molecular weight excluding hydrogens is 381 g/mol. The average Bonchev–Trinajstić information content (AvgIpc) is 2.84. The minimum Gasteiger partial charge on any atom is -0.406 e. The second-order valence-corrected chi connectivity index (χ2v) is 7.28. The molecule has 2 aliphatic heterocycles. The average molecular weight is 399 g/mol. The molecule has 0 amide bonds. The van der Waals surface area contributed by atoms with Gasteiger partial charge in [0.1, 0.15) is 17.4 Å². The number of alkyl halides is 3. The molecule has 4 rings (SSSR count). The van der Waals surface area contributed by atoms with Crippen LogP contribution in [0.1, 0.15) is 29.1 Å². The van der Waals surface area contributed by atoms with Crippen molar-refractivity contribution < 1.29 is 17.9 Å². The van der Waals surface area contributed by atoms with Crippen LogP contribution in [0.5, 0.6) is 5.75 Å². The van der Waals surface area contributed by atoms with E-state index in [2.05, 4.69) is 24.5 Å². The van der Waals surface area contributed by atoms with E-state index in [9.17, 15) is 13.2 Å². The summed E-state index contributed by atoms with van der Waals surface area (Å²) in [6.45, 7) is 5.60. The Morgan fingerprint density at radius 3 is 2.59 bits per heavy atom. The first-order valence-corrected chi connectivity index (χ1v) is 9.03. The van der Waals surface area contributed by atoms with E-state index in [4.69, 9.17) is 11.6 Å². The lowest BCUT2D eigenvalue weighted by Gasteiger charge is -2.33. The highest BCUT2D eigenvalue weighted by Crippen LogP contribution is 2.33. The summed E-state index contributed by atoms with van der Waals surface area (Å²) >= 11 is 5.97. The SMILES string of the molecule is Cc1nc2c(c(N3CCC3)n1)CN(Cc1cc(Cl)cc(OC(F)(F)F)c1)C2. The van der Waals surface area contributed by atoms with Crippen molar-refractivity contribution in [3.63, 3.8) is 0 Å². The van der Waals surface area contributed by atoms with E-state index < -0.39 is 6.36 Å². The molecule has 1 fully saturated rings. The number of aromatic nitrogens is 2. The number of hydrogen-bond acceptors (Lipinski definition) is 5. The molecule has 0 atom stereocenters. The highest BCUT2D eigenvalue weighted by molar-refractivity contribution is 6.30. The van der Waals surface area contributed by atoms with Crippen LogP contribution in [0, 0.1) is 6.92 Å². The van der Waals surface area contributed by atoms with Crippen LogP contribution in [0.2, 0.25) is 5.02 Å². The van der Waals surface area contributed by atoms with Gasteiger partial charge >= 0.3 is 6.36 Å². The molecular formula is C18H18ClF3N4O. The van der Waals surface area contributed by atoms with Gasteiger partial charge in [-0.15, -0.1) is 13.2 Å². The van der Waals surface area contributed by atoms with Gasteiger partial charge in [-0.1, -0.05) is 11.6 Å². The van der Waals surface area contributed by atoms with Gasteiger partial charge in [0.2, 0.25) is 0 Å². The summed E-state index contributed by atoms with van der Waals surface area (Å²) < 4.78 is 41.5. The van der Waals surface area contributed by atoms with Gasteiger partial charge in [0, 0.05) is 43.3 Å². The Labute approximate surface area is 159 Å². The quantitative estimate of drug-likeness (QED) is 0.776. The van der Waals surface area contributed by atoms with Gasteiger partial charge in [-0.2, -0.15) is 0 Å². The maximum absolute atomic E-state index is 12.5. The minimum atomic E-state index is -4.74. The van der Waals surface area contributed by atoms with Crippen molar-refractivity contribution in [2.24, 2.45) is 0 Å². The summed E-state index contributed by atoms with van der Waals surface area (Å²) in [5, 5.41) is 0.209. The molecule has 27 heavy (non-hydrogen) atoms. The zero-order valence-electron chi connectivity index (χ0n) is 14.7. The molecule has 1 saturated heterocycles. The van der Waals surface area contributed by atoms with Gasteiger partial charge in [0.15, 0.2) is 0 Å². The summed E-state index contributed by atoms with van der Waals surface area (Å²) in [5.41, 5.74) is 2.75. The lowest BCUT2D eigenvalue weighted by molar-refractivity contribution is -0.274. The van der Waals surface area contributed by atoms with Crippen LogP contribution >= 0.6 is 11.6 Å². The number of ether oxygens (including phenoxy) is 1. The molecule has 2 aromatic rings. The second-order valence-electron chi connectivity index (χ2n) is 6.85. The molecule has 9 heteroatoms. The standard InChI is InChI=1S/C18H18ClF3N4O/c1-11-23-16-10-25(9-15(16)17(24-11)26-3-2-4-26)8-12-5-13(19)7-14(6-12)27-18(20,21)22/h5-7H,2-4,8-10H2,1H3. The molecule has 0 spiro atoms. The number of benzene rings is 1. The van der Waals surface area contributed by atoms with E-state index >= 15 is 0 Å². The summed E-state index contributed by atoms with van der Waals surface area (Å²) in [6.07, 6.45) is -3.59. The van der Waals surface area contributed by atoms with Crippen molar-refractivity contribution in [3.05, 3.63) is 45.9 Å². The molecule has 1 aromatic carbocycles. The van der Waals surface area contributed by atoms with E-state index in [1.165, 1.54) is 6.07 Å². The smallest absolute Gasteiger partial charge is 0.406 e. The third-order valence-electron chi connectivity index (χ3n) is 4.66. The minimum absolute atomic E-state index is 0.209. The molecule has 144 valence electrons. The van der Waals surface area contributed by atoms with Crippen LogP contribution in [-0.2, 0) is 19.6 Å². The molecule has 0 aliphatic carbocycles. The number of rotatable bonds is 4. The topological polar surface area (TPSA) is 41.5 Å². The fourth-order valence-electron chi connectivity index (χ4n) is 3.49. The normalized spacial score (nSPS) is 17.0. The van der Waals surface area contributed by atoms with Gasteiger partial charge < -0.3 is 9.64 Å². The molecule has 2 aliphatic rings. The highest BCUT2D eigenvalue weighted by Gasteiger charge is 2.32. The van der Waals surface area contributed by atoms with Crippen LogP contribution in [0.15, 0.2) is 18.2 Å². The van der Waals surface area contributed by atoms with E-state index in [-0.39, 0.29) is 10.8 Å². The van der Waals surface area contributed by atoms with E-state index in [0.717, 1.165) is 48.5 Å². The van der Waals surface area contributed by atoms with Crippen LogP contribution in [0.3, 0.4) is 0 Å². The van der Waals surface area contributed by atoms with Crippen LogP contribution < -0.4 is 9.64 Å². The highest BCUT2D eigenvalue weighted by atomic mass is 35.5. The first-order chi connectivity index (χ1) is 12.8. The number of hydrogen-bond donors (Lipinski definition) is 0. The predicted molar refractivity (Wildman–Crippen MR) is 94.7 cm³/mol. The fraction of sp³-hybridized carbons (Fsp3) is 0.444. The Balaban J connectivity index is 1.53. The van der Waals surface area contributed by atoms with Gasteiger partial charge in [0.25, 0.3) is 0 Å². The van der Waals surface area contributed by atoms with Gasteiger partial charge in [-0.05, 0) is 37.1 Å². The lowest BCUT2D eigenvalue weighted by Crippen LogP contribution is -2.38. The Hall–Kier alpha value is -2.06. The van der Waals surface area contributed by atoms with Crippen LogP contribution in [0.4, 0.5) is 19.0 Å². The first-order valence-electron chi connectivity index (χ1n) is 8.66. The largest absolute Gasteiger partial charge is 0.573 e. The molecule has 0 unspecified atom stereocenters. The summed E-state index contributed by atoms with van der Waals surface area (Å²) in [6, 6.07) is 4.19. The van der Waals surface area contributed by atoms with Crippen LogP contribution in [-0.4, -0.2) is 34.3 Å². The van der Waals surface area contributed by atoms with Crippen molar-refractivity contribution in [1.82, 2.24) is 14.9 Å². The monoisotopic (exact) mass is 398 g/mol. The number of nitrogens with zero attached hydrogens (tertiary/aromatic N) is 4. The van der Waals surface area contributed by atoms with E-state index in [1.54, 1.807) is 6.07 Å². The molecule has 0 N–H and O–H groups in total. The zero-order valence-corrected chi connectivity index (χ0v) is 15.4. The Morgan fingerprint density at radius 2 is 1.93 bits per heavy atom. The number of halogens is 4. The second kappa shape index (κ2) is 6.83. The maximum Gasteiger partial charge on any atom is 0.573 e. The van der Waals surface area contributed by atoms with Gasteiger partial charge in [-0.25, -0.2) is 9.97 Å². The Kier molecular flexibility index (Phi) is 4.63. The zero-order chi connectivity index (χ0) is 19.2. The third-order valence-corrected chi connectivity index (χ3v) is 4.88. The van der Waals surface area contributed by atoms with Crippen molar-refractivity contribution in [3.8, 4) is 5.75 Å². The van der Waals surface area contributed by atoms with Crippen molar-refractivity contribution in [2.45, 2.75) is 39.3 Å². The van der Waals surface area contributed by atoms with Crippen molar-refractivity contribution >= 4 is 17.4 Å². The van der Waals surface area contributed by atoms with E-state index in [0.29, 0.717) is 25.2 Å². The molecule has 0 radical (unpaired) electrons. The third kappa shape index (κ3) is 4.11. The Bertz CT molecular complexity index is 870. The lowest BCUT2D eigenvalue weighted by atomic mass is 10.1. The van der Waals surface area contributed by atoms with Gasteiger partial charge in [-0.3, -0.25) is 4.90 Å². The predicted octanol–water partition coefficient (Wildman–Crippen LogP) is 4.06. The van der Waals surface area contributed by atoms with Crippen LogP contribution in [0.25, 0.3) is 0 Å². The fourth-order valence-corrected chi connectivity index (χ4v) is 3.73. The van der Waals surface area contributed by atoms with Crippen molar-refractivity contribution in [1.29, 1.82) is 0 Å². The number of aryl methyl sites for hydroxylation is 1. The first kappa shape index (κ1) is 18.3. The molecule has 0 bridgehead atoms. The summed E-state index contributed by atoms with van der Waals surface area (Å²) in [4.78, 5) is 13.5. The summed E-state index contributed by atoms with van der Waals surface area (Å²) in [5.74, 6) is 1.41. The Morgan fingerprint density at radius 1 is 1.15 bits per heavy atom. The maximum atomic E-state index is 12.5. The molecule has 3 heterocycles. The van der Waals surface area contributed by atoms with E-state index in [1.807, 2.05) is 6.92 Å². The summed E-state index contributed by atoms with van der Waals surface area (Å²) in [7, 11) is 0. The van der Waals surface area contributed by atoms with Gasteiger partial charge in [0.05, 0.1) is 5.69 Å². The number of fused-ring (bicyclic) bond motifs is 1. The molecule has 1 aromatic heterocycles. The molecule has 0 saturated carbocycles.